The van der Waals surface area contributed by atoms with Crippen LogP contribution < -0.4 is 10.1 Å². The van der Waals surface area contributed by atoms with Crippen molar-refractivity contribution in [3.05, 3.63) is 58.9 Å². The van der Waals surface area contributed by atoms with Crippen molar-refractivity contribution in [3.63, 3.8) is 0 Å². The van der Waals surface area contributed by atoms with Gasteiger partial charge in [0.2, 0.25) is 0 Å². The van der Waals surface area contributed by atoms with Crippen molar-refractivity contribution in [1.29, 1.82) is 0 Å². The molecule has 0 saturated carbocycles. The van der Waals surface area contributed by atoms with Gasteiger partial charge < -0.3 is 14.8 Å². The first-order valence-corrected chi connectivity index (χ1v) is 8.45. The Kier molecular flexibility index (Phi) is 7.22. The minimum Gasteiger partial charge on any atom is -0.487 e. The van der Waals surface area contributed by atoms with Gasteiger partial charge in [-0.3, -0.25) is 4.98 Å². The number of nitrogens with zero attached hydrogens (tertiary/aromatic N) is 1. The third kappa shape index (κ3) is 5.62. The van der Waals surface area contributed by atoms with E-state index in [0.29, 0.717) is 12.6 Å². The van der Waals surface area contributed by atoms with Crippen molar-refractivity contribution in [2.75, 3.05) is 13.7 Å². The first-order chi connectivity index (χ1) is 11.6. The molecule has 4 nitrogen and oxygen atoms in total. The number of aromatic nitrogens is 1. The standard InChI is InChI=1S/C20H28N2O2/c1-15-11-18(13-22-17(3)8-10-23-4)12-16(2)20(15)24-14-19-7-5-6-9-21-19/h5-7,9,11-12,17,22H,8,10,13-14H2,1-4H3. The third-order valence-electron chi connectivity index (χ3n) is 4.02. The van der Waals surface area contributed by atoms with E-state index < -0.39 is 0 Å². The summed E-state index contributed by atoms with van der Waals surface area (Å²) in [5, 5.41) is 3.53. The smallest absolute Gasteiger partial charge is 0.130 e. The fraction of sp³-hybridized carbons (Fsp3) is 0.450. The predicted octanol–water partition coefficient (Wildman–Crippen LogP) is 3.79. The lowest BCUT2D eigenvalue weighted by Gasteiger charge is -2.16. The zero-order chi connectivity index (χ0) is 17.4. The molecule has 2 rings (SSSR count). The van der Waals surface area contributed by atoms with Gasteiger partial charge in [0, 0.05) is 32.5 Å². The Morgan fingerprint density at radius 1 is 1.17 bits per heavy atom. The molecule has 0 aliphatic rings. The number of pyridine rings is 1. The largest absolute Gasteiger partial charge is 0.487 e. The lowest BCUT2D eigenvalue weighted by Crippen LogP contribution is -2.26. The van der Waals surface area contributed by atoms with Crippen LogP contribution in [-0.4, -0.2) is 24.7 Å². The summed E-state index contributed by atoms with van der Waals surface area (Å²) in [7, 11) is 1.74. The summed E-state index contributed by atoms with van der Waals surface area (Å²) < 4.78 is 11.1. The highest BCUT2D eigenvalue weighted by Gasteiger charge is 2.08. The molecule has 0 radical (unpaired) electrons. The van der Waals surface area contributed by atoms with Crippen molar-refractivity contribution >= 4 is 0 Å². The van der Waals surface area contributed by atoms with Crippen LogP contribution in [0.15, 0.2) is 36.5 Å². The average Bonchev–Trinajstić information content (AvgIpc) is 2.58. The number of ether oxygens (including phenoxy) is 2. The maximum absolute atomic E-state index is 5.99. The van der Waals surface area contributed by atoms with E-state index in [0.717, 1.165) is 42.1 Å². The quantitative estimate of drug-likeness (QED) is 0.760. The first-order valence-electron chi connectivity index (χ1n) is 8.45. The number of rotatable bonds is 9. The second-order valence-corrected chi connectivity index (χ2v) is 6.23. The second kappa shape index (κ2) is 9.40. The number of methoxy groups -OCH3 is 1. The molecule has 0 saturated heterocycles. The Morgan fingerprint density at radius 3 is 2.54 bits per heavy atom. The van der Waals surface area contributed by atoms with Gasteiger partial charge in [-0.1, -0.05) is 18.2 Å². The average molecular weight is 328 g/mol. The monoisotopic (exact) mass is 328 g/mol. The van der Waals surface area contributed by atoms with Crippen molar-refractivity contribution in [2.24, 2.45) is 0 Å². The van der Waals surface area contributed by atoms with Gasteiger partial charge in [-0.05, 0) is 56.0 Å². The van der Waals surface area contributed by atoms with Gasteiger partial charge in [0.15, 0.2) is 0 Å². The van der Waals surface area contributed by atoms with Crippen molar-refractivity contribution in [3.8, 4) is 5.75 Å². The van der Waals surface area contributed by atoms with Gasteiger partial charge in [-0.15, -0.1) is 0 Å². The number of aryl methyl sites for hydroxylation is 2. The maximum atomic E-state index is 5.99. The fourth-order valence-corrected chi connectivity index (χ4v) is 2.69. The number of hydrogen-bond donors (Lipinski definition) is 1. The minimum atomic E-state index is 0.436. The fourth-order valence-electron chi connectivity index (χ4n) is 2.69. The summed E-state index contributed by atoms with van der Waals surface area (Å²) in [5.41, 5.74) is 4.54. The molecule has 0 aliphatic carbocycles. The van der Waals surface area contributed by atoms with E-state index in [1.807, 2.05) is 18.2 Å². The topological polar surface area (TPSA) is 43.4 Å². The summed E-state index contributed by atoms with van der Waals surface area (Å²) in [4.78, 5) is 4.30. The molecular weight excluding hydrogens is 300 g/mol. The zero-order valence-corrected chi connectivity index (χ0v) is 15.1. The van der Waals surface area contributed by atoms with Crippen LogP contribution in [0.4, 0.5) is 0 Å². The molecule has 1 aromatic carbocycles. The Hall–Kier alpha value is -1.91. The summed E-state index contributed by atoms with van der Waals surface area (Å²) in [5.74, 6) is 0.955. The van der Waals surface area contributed by atoms with Gasteiger partial charge in [0.05, 0.1) is 5.69 Å². The minimum absolute atomic E-state index is 0.436. The molecule has 0 spiro atoms. The molecule has 0 fully saturated rings. The Labute approximate surface area is 145 Å². The summed E-state index contributed by atoms with van der Waals surface area (Å²) in [6, 6.07) is 10.7. The Morgan fingerprint density at radius 2 is 1.92 bits per heavy atom. The molecule has 1 aromatic heterocycles. The summed E-state index contributed by atoms with van der Waals surface area (Å²) in [6.07, 6.45) is 2.80. The lowest BCUT2D eigenvalue weighted by molar-refractivity contribution is 0.184. The van der Waals surface area contributed by atoms with Crippen molar-refractivity contribution < 1.29 is 9.47 Å². The highest BCUT2D eigenvalue weighted by Crippen LogP contribution is 2.25. The van der Waals surface area contributed by atoms with Crippen LogP contribution in [0.5, 0.6) is 5.75 Å². The number of benzene rings is 1. The van der Waals surface area contributed by atoms with Crippen LogP contribution in [0.3, 0.4) is 0 Å². The van der Waals surface area contributed by atoms with Crippen LogP contribution in [0.1, 0.15) is 35.7 Å². The van der Waals surface area contributed by atoms with Crippen molar-refractivity contribution in [2.45, 2.75) is 46.4 Å². The third-order valence-corrected chi connectivity index (χ3v) is 4.02. The Balaban J connectivity index is 1.95. The van der Waals surface area contributed by atoms with Crippen LogP contribution in [0, 0.1) is 13.8 Å². The molecule has 1 heterocycles. The molecule has 130 valence electrons. The predicted molar refractivity (Wildman–Crippen MR) is 97.3 cm³/mol. The van der Waals surface area contributed by atoms with Crippen molar-refractivity contribution in [1.82, 2.24) is 10.3 Å². The van der Waals surface area contributed by atoms with Gasteiger partial charge in [-0.25, -0.2) is 0 Å². The SMILES string of the molecule is COCCC(C)NCc1cc(C)c(OCc2ccccn2)c(C)c1. The molecule has 4 heteroatoms. The van der Waals surface area contributed by atoms with Crippen LogP contribution >= 0.6 is 0 Å². The van der Waals surface area contributed by atoms with E-state index in [1.54, 1.807) is 13.3 Å². The van der Waals surface area contributed by atoms with E-state index in [9.17, 15) is 0 Å². The van der Waals surface area contributed by atoms with E-state index in [-0.39, 0.29) is 0 Å². The van der Waals surface area contributed by atoms with Gasteiger partial charge >= 0.3 is 0 Å². The maximum Gasteiger partial charge on any atom is 0.130 e. The molecule has 1 atom stereocenters. The molecule has 24 heavy (non-hydrogen) atoms. The van der Waals surface area contributed by atoms with Crippen LogP contribution in [0.25, 0.3) is 0 Å². The highest BCUT2D eigenvalue weighted by atomic mass is 16.5. The lowest BCUT2D eigenvalue weighted by atomic mass is 10.1. The molecule has 1 unspecified atom stereocenters. The van der Waals surface area contributed by atoms with Gasteiger partial charge in [0.25, 0.3) is 0 Å². The number of hydrogen-bond acceptors (Lipinski definition) is 4. The van der Waals surface area contributed by atoms with E-state index in [1.165, 1.54) is 5.56 Å². The molecule has 0 aliphatic heterocycles. The highest BCUT2D eigenvalue weighted by molar-refractivity contribution is 5.43. The second-order valence-electron chi connectivity index (χ2n) is 6.23. The molecule has 2 aromatic rings. The van der Waals surface area contributed by atoms with Crippen LogP contribution in [-0.2, 0) is 17.9 Å². The zero-order valence-electron chi connectivity index (χ0n) is 15.1. The molecule has 1 N–H and O–H groups in total. The summed E-state index contributed by atoms with van der Waals surface area (Å²) in [6.45, 7) is 8.51. The Bertz CT molecular complexity index is 606. The summed E-state index contributed by atoms with van der Waals surface area (Å²) >= 11 is 0. The first kappa shape index (κ1) is 18.4. The van der Waals surface area contributed by atoms with Gasteiger partial charge in [0.1, 0.15) is 12.4 Å². The van der Waals surface area contributed by atoms with E-state index >= 15 is 0 Å². The normalized spacial score (nSPS) is 12.2. The molecular formula is C20H28N2O2. The molecule has 0 bridgehead atoms. The molecule has 0 amide bonds. The van der Waals surface area contributed by atoms with E-state index in [2.05, 4.69) is 43.2 Å². The number of nitrogens with one attached hydrogen (secondary N) is 1. The van der Waals surface area contributed by atoms with Gasteiger partial charge in [-0.2, -0.15) is 0 Å². The van der Waals surface area contributed by atoms with E-state index in [4.69, 9.17) is 9.47 Å². The van der Waals surface area contributed by atoms with Crippen LogP contribution in [0.2, 0.25) is 0 Å².